The molecule has 4 rings (SSSR count). The Hall–Kier alpha value is -2.75. The van der Waals surface area contributed by atoms with E-state index in [1.807, 2.05) is 42.5 Å². The minimum Gasteiger partial charge on any atom is -0.490 e. The number of benzene rings is 1. The largest absolute Gasteiger partial charge is 0.490 e. The van der Waals surface area contributed by atoms with Gasteiger partial charge in [-0.3, -0.25) is 9.88 Å². The molecule has 3 heterocycles. The molecule has 192 valence electrons. The molecule has 2 amide bonds. The van der Waals surface area contributed by atoms with Gasteiger partial charge in [-0.25, -0.2) is 9.59 Å². The molecule has 0 radical (unpaired) electrons. The Morgan fingerprint density at radius 1 is 1.00 bits per heavy atom. The highest BCUT2D eigenvalue weighted by atomic mass is 35.5. The molecule has 1 aromatic carbocycles. The minimum atomic E-state index is -0.335. The van der Waals surface area contributed by atoms with Crippen LogP contribution in [0.3, 0.4) is 0 Å². The van der Waals surface area contributed by atoms with Crippen molar-refractivity contribution in [3.8, 4) is 5.75 Å². The fourth-order valence-corrected chi connectivity index (χ4v) is 3.95. The maximum Gasteiger partial charge on any atom is 0.410 e. The highest BCUT2D eigenvalue weighted by molar-refractivity contribution is 5.85. The van der Waals surface area contributed by atoms with Gasteiger partial charge in [-0.15, -0.1) is 24.8 Å². The molecule has 2 aromatic rings. The Morgan fingerprint density at radius 3 is 2.49 bits per heavy atom. The van der Waals surface area contributed by atoms with E-state index in [9.17, 15) is 9.59 Å². The Labute approximate surface area is 217 Å². The van der Waals surface area contributed by atoms with Gasteiger partial charge < -0.3 is 24.4 Å². The number of hydrogen-bond acceptors (Lipinski definition) is 7. The van der Waals surface area contributed by atoms with Gasteiger partial charge in [0.15, 0.2) is 0 Å². The number of likely N-dealkylation sites (tertiary alicyclic amines) is 1. The summed E-state index contributed by atoms with van der Waals surface area (Å²) < 4.78 is 17.0. The van der Waals surface area contributed by atoms with Crippen LogP contribution in [0.1, 0.15) is 18.4 Å². The normalized spacial score (nSPS) is 18.0. The monoisotopic (exact) mass is 526 g/mol. The van der Waals surface area contributed by atoms with Crippen molar-refractivity contribution < 1.29 is 23.8 Å². The van der Waals surface area contributed by atoms with E-state index in [1.165, 1.54) is 0 Å². The van der Waals surface area contributed by atoms with Gasteiger partial charge in [-0.2, -0.15) is 0 Å². The number of nitrogens with one attached hydrogen (secondary N) is 1. The van der Waals surface area contributed by atoms with Crippen molar-refractivity contribution in [3.05, 3.63) is 60.4 Å². The summed E-state index contributed by atoms with van der Waals surface area (Å²) in [5.41, 5.74) is 0.952. The lowest BCUT2D eigenvalue weighted by molar-refractivity contribution is 0.00976. The van der Waals surface area contributed by atoms with Crippen LogP contribution in [-0.4, -0.2) is 78.4 Å². The van der Waals surface area contributed by atoms with Crippen LogP contribution in [0.5, 0.6) is 5.75 Å². The summed E-state index contributed by atoms with van der Waals surface area (Å²) in [7, 11) is 0. The van der Waals surface area contributed by atoms with Crippen molar-refractivity contribution in [1.29, 1.82) is 0 Å². The van der Waals surface area contributed by atoms with Crippen LogP contribution in [-0.2, 0) is 16.1 Å². The van der Waals surface area contributed by atoms with Gasteiger partial charge in [0, 0.05) is 51.8 Å². The molecule has 11 heteroatoms. The smallest absolute Gasteiger partial charge is 0.410 e. The summed E-state index contributed by atoms with van der Waals surface area (Å²) in [6.07, 6.45) is 3.64. The first kappa shape index (κ1) is 28.5. The molecule has 2 aliphatic rings. The van der Waals surface area contributed by atoms with Gasteiger partial charge in [-0.1, -0.05) is 30.3 Å². The number of ether oxygens (including phenoxy) is 3. The minimum absolute atomic E-state index is 0. The number of aromatic nitrogens is 1. The van der Waals surface area contributed by atoms with Crippen molar-refractivity contribution >= 4 is 37.0 Å². The maximum atomic E-state index is 12.9. The van der Waals surface area contributed by atoms with Crippen LogP contribution < -0.4 is 10.1 Å². The van der Waals surface area contributed by atoms with E-state index in [0.717, 1.165) is 5.56 Å². The van der Waals surface area contributed by atoms with E-state index in [4.69, 9.17) is 14.2 Å². The third-order valence-electron chi connectivity index (χ3n) is 5.83. The Morgan fingerprint density at radius 2 is 1.77 bits per heavy atom. The number of nitrogens with zero attached hydrogens (tertiary/aromatic N) is 3. The maximum absolute atomic E-state index is 12.9. The van der Waals surface area contributed by atoms with E-state index in [0.29, 0.717) is 57.9 Å². The Bertz CT molecular complexity index is 901. The topological polar surface area (TPSA) is 93.2 Å². The van der Waals surface area contributed by atoms with Gasteiger partial charge in [0.05, 0.1) is 12.2 Å². The van der Waals surface area contributed by atoms with E-state index in [-0.39, 0.29) is 55.8 Å². The number of rotatable bonds is 6. The number of carbonyl (C=O) groups is 2. The molecule has 0 aliphatic carbocycles. The van der Waals surface area contributed by atoms with Crippen LogP contribution in [0.15, 0.2) is 54.9 Å². The summed E-state index contributed by atoms with van der Waals surface area (Å²) in [6, 6.07) is 13.1. The van der Waals surface area contributed by atoms with Crippen LogP contribution >= 0.6 is 24.8 Å². The van der Waals surface area contributed by atoms with E-state index < -0.39 is 0 Å². The average molecular weight is 527 g/mol. The molecule has 2 fully saturated rings. The number of halogens is 2. The summed E-state index contributed by atoms with van der Waals surface area (Å²) in [5, 5.41) is 3.30. The van der Waals surface area contributed by atoms with Crippen molar-refractivity contribution in [1.82, 2.24) is 20.1 Å². The molecule has 1 aromatic heterocycles. The third kappa shape index (κ3) is 8.45. The summed E-state index contributed by atoms with van der Waals surface area (Å²) in [6.45, 7) is 3.52. The first-order valence-corrected chi connectivity index (χ1v) is 11.4. The van der Waals surface area contributed by atoms with Crippen LogP contribution in [0.2, 0.25) is 0 Å². The number of amides is 2. The second-order valence-electron chi connectivity index (χ2n) is 8.16. The Balaban J connectivity index is 0.00000216. The number of pyridine rings is 1. The fourth-order valence-electron chi connectivity index (χ4n) is 3.95. The predicted molar refractivity (Wildman–Crippen MR) is 135 cm³/mol. The zero-order valence-corrected chi connectivity index (χ0v) is 21.0. The summed E-state index contributed by atoms with van der Waals surface area (Å²) in [5.74, 6) is 0.669. The predicted octanol–water partition coefficient (Wildman–Crippen LogP) is 3.52. The van der Waals surface area contributed by atoms with E-state index in [1.54, 1.807) is 22.2 Å². The molecule has 9 nitrogen and oxygen atoms in total. The number of piperidine rings is 1. The molecule has 2 saturated heterocycles. The lowest BCUT2D eigenvalue weighted by Gasteiger charge is -2.37. The van der Waals surface area contributed by atoms with Crippen molar-refractivity contribution in [2.45, 2.75) is 31.6 Å². The van der Waals surface area contributed by atoms with Crippen LogP contribution in [0, 0.1) is 0 Å². The molecule has 35 heavy (non-hydrogen) atoms. The zero-order valence-electron chi connectivity index (χ0n) is 19.4. The molecular formula is C24H32Cl2N4O5. The highest BCUT2D eigenvalue weighted by Crippen LogP contribution is 2.18. The zero-order chi connectivity index (χ0) is 22.9. The highest BCUT2D eigenvalue weighted by Gasteiger charge is 2.32. The van der Waals surface area contributed by atoms with Crippen molar-refractivity contribution in [2.24, 2.45) is 0 Å². The number of piperazine rings is 1. The molecule has 2 aliphatic heterocycles. The van der Waals surface area contributed by atoms with E-state index >= 15 is 0 Å². The van der Waals surface area contributed by atoms with Crippen molar-refractivity contribution in [3.63, 3.8) is 0 Å². The van der Waals surface area contributed by atoms with Gasteiger partial charge in [0.25, 0.3) is 0 Å². The third-order valence-corrected chi connectivity index (χ3v) is 5.83. The van der Waals surface area contributed by atoms with Crippen LogP contribution in [0.4, 0.5) is 9.59 Å². The van der Waals surface area contributed by atoms with Crippen LogP contribution in [0.25, 0.3) is 0 Å². The lowest BCUT2D eigenvalue weighted by Crippen LogP contribution is -2.56. The fraction of sp³-hybridized carbons (Fsp3) is 0.458. The summed E-state index contributed by atoms with van der Waals surface area (Å²) >= 11 is 0. The number of carbonyl (C=O) groups excluding carboxylic acids is 2. The molecule has 1 unspecified atom stereocenters. The lowest BCUT2D eigenvalue weighted by atomic mass is 10.1. The van der Waals surface area contributed by atoms with E-state index in [2.05, 4.69) is 10.3 Å². The van der Waals surface area contributed by atoms with Gasteiger partial charge >= 0.3 is 12.2 Å². The SMILES string of the molecule is Cl.Cl.O=C(OCc1ccccc1)N1CCC(OC(=O)N2CCNCC2COc2cccnc2)CC1. The Kier molecular flexibility index (Phi) is 11.9. The van der Waals surface area contributed by atoms with Gasteiger partial charge in [0.2, 0.25) is 0 Å². The van der Waals surface area contributed by atoms with Gasteiger partial charge in [0.1, 0.15) is 25.1 Å². The molecule has 1 atom stereocenters. The second-order valence-corrected chi connectivity index (χ2v) is 8.16. The second kappa shape index (κ2) is 14.6. The number of hydrogen-bond donors (Lipinski definition) is 1. The summed E-state index contributed by atoms with van der Waals surface area (Å²) in [4.78, 5) is 32.6. The molecular weight excluding hydrogens is 495 g/mol. The average Bonchev–Trinajstić information content (AvgIpc) is 2.88. The van der Waals surface area contributed by atoms with Crippen molar-refractivity contribution in [2.75, 3.05) is 39.3 Å². The van der Waals surface area contributed by atoms with Gasteiger partial charge in [-0.05, 0) is 17.7 Å². The quantitative estimate of drug-likeness (QED) is 0.615. The first-order chi connectivity index (χ1) is 16.2. The standard InChI is InChI=1S/C24H30N4O5.2ClH/c29-23(32-17-19-5-2-1-3-6-19)27-12-8-21(9-13-27)33-24(30)28-14-11-26-15-20(28)18-31-22-7-4-10-25-16-22;;/h1-7,10,16,20-21,26H,8-9,11-15,17-18H2;2*1H. The molecule has 0 saturated carbocycles. The molecule has 1 N–H and O–H groups in total. The first-order valence-electron chi connectivity index (χ1n) is 11.4. The molecule has 0 spiro atoms. The molecule has 0 bridgehead atoms.